The predicted octanol–water partition coefficient (Wildman–Crippen LogP) is 4.21. The molecule has 3 aromatic rings. The van der Waals surface area contributed by atoms with Gasteiger partial charge in [0.1, 0.15) is 0 Å². The third kappa shape index (κ3) is 2.51. The van der Waals surface area contributed by atoms with Crippen molar-refractivity contribution < 1.29 is 9.90 Å². The minimum absolute atomic E-state index is 0.344. The first kappa shape index (κ1) is 12.7. The van der Waals surface area contributed by atoms with E-state index in [1.165, 1.54) is 10.1 Å². The first-order valence-electron chi connectivity index (χ1n) is 6.26. The molecule has 0 radical (unpaired) electrons. The van der Waals surface area contributed by atoms with E-state index in [9.17, 15) is 4.79 Å². The van der Waals surface area contributed by atoms with Crippen LogP contribution in [0.25, 0.3) is 10.1 Å². The summed E-state index contributed by atoms with van der Waals surface area (Å²) in [5.41, 5.74) is 2.12. The van der Waals surface area contributed by atoms with Crippen molar-refractivity contribution >= 4 is 33.1 Å². The Morgan fingerprint density at radius 2 is 2.00 bits per heavy atom. The van der Waals surface area contributed by atoms with Crippen LogP contribution < -0.4 is 5.32 Å². The maximum Gasteiger partial charge on any atom is 0.336 e. The lowest BCUT2D eigenvalue weighted by molar-refractivity contribution is 0.0696. The molecule has 3 nitrogen and oxygen atoms in total. The molecule has 0 aliphatic heterocycles. The summed E-state index contributed by atoms with van der Waals surface area (Å²) in [6.45, 7) is 0.498. The van der Waals surface area contributed by atoms with Crippen molar-refractivity contribution in [2.24, 2.45) is 0 Å². The van der Waals surface area contributed by atoms with Crippen LogP contribution in [0.2, 0.25) is 0 Å². The van der Waals surface area contributed by atoms with Gasteiger partial charge in [0.2, 0.25) is 0 Å². The van der Waals surface area contributed by atoms with E-state index in [4.69, 9.17) is 5.11 Å². The number of hydrogen-bond acceptors (Lipinski definition) is 3. The highest BCUT2D eigenvalue weighted by atomic mass is 32.1. The molecule has 0 saturated heterocycles. The number of aromatic carboxylic acids is 1. The first-order chi connectivity index (χ1) is 9.74. The van der Waals surface area contributed by atoms with E-state index >= 15 is 0 Å². The molecule has 100 valence electrons. The Hall–Kier alpha value is -2.33. The van der Waals surface area contributed by atoms with Gasteiger partial charge in [-0.25, -0.2) is 4.79 Å². The lowest BCUT2D eigenvalue weighted by Gasteiger charge is -2.09. The summed E-state index contributed by atoms with van der Waals surface area (Å²) in [5.74, 6) is -0.893. The molecule has 0 unspecified atom stereocenters. The van der Waals surface area contributed by atoms with Gasteiger partial charge >= 0.3 is 5.97 Å². The van der Waals surface area contributed by atoms with Gasteiger partial charge in [-0.1, -0.05) is 18.2 Å². The molecule has 0 bridgehead atoms. The Bertz CT molecular complexity index is 764. The van der Waals surface area contributed by atoms with Gasteiger partial charge in [0.15, 0.2) is 0 Å². The van der Waals surface area contributed by atoms with Crippen LogP contribution in [0.3, 0.4) is 0 Å². The molecule has 0 atom stereocenters. The van der Waals surface area contributed by atoms with E-state index < -0.39 is 5.97 Å². The van der Waals surface area contributed by atoms with E-state index in [-0.39, 0.29) is 0 Å². The number of nitrogens with one attached hydrogen (secondary N) is 1. The number of thiophene rings is 1. The van der Waals surface area contributed by atoms with Crippen LogP contribution in [0, 0.1) is 0 Å². The maximum atomic E-state index is 11.1. The van der Waals surface area contributed by atoms with Crippen molar-refractivity contribution in [2.45, 2.75) is 6.54 Å². The second-order valence-electron chi connectivity index (χ2n) is 4.49. The number of benzene rings is 2. The number of carboxylic acids is 1. The summed E-state index contributed by atoms with van der Waals surface area (Å²) in [5, 5.41) is 15.7. The largest absolute Gasteiger partial charge is 0.478 e. The van der Waals surface area contributed by atoms with Gasteiger partial charge in [0.25, 0.3) is 0 Å². The summed E-state index contributed by atoms with van der Waals surface area (Å²) < 4.78 is 1.25. The number of hydrogen-bond donors (Lipinski definition) is 2. The number of carboxylic acid groups (broad SMARTS) is 1. The quantitative estimate of drug-likeness (QED) is 0.754. The standard InChI is InChI=1S/C16H13NO2S/c18-16(19)14-4-2-1-3-12(14)10-17-13-5-6-15-11(9-13)7-8-20-15/h1-9,17H,10H2,(H,18,19). The average molecular weight is 283 g/mol. The van der Waals surface area contributed by atoms with Gasteiger partial charge in [-0.3, -0.25) is 0 Å². The Morgan fingerprint density at radius 1 is 1.15 bits per heavy atom. The van der Waals surface area contributed by atoms with Crippen LogP contribution in [0.15, 0.2) is 53.9 Å². The number of anilines is 1. The summed E-state index contributed by atoms with van der Waals surface area (Å²) in [7, 11) is 0. The van der Waals surface area contributed by atoms with Crippen LogP contribution in [0.5, 0.6) is 0 Å². The highest BCUT2D eigenvalue weighted by Gasteiger charge is 2.08. The van der Waals surface area contributed by atoms with Crippen molar-refractivity contribution in [1.29, 1.82) is 0 Å². The molecule has 20 heavy (non-hydrogen) atoms. The van der Waals surface area contributed by atoms with E-state index in [1.54, 1.807) is 23.5 Å². The van der Waals surface area contributed by atoms with Crippen LogP contribution >= 0.6 is 11.3 Å². The van der Waals surface area contributed by atoms with Gasteiger partial charge in [0, 0.05) is 16.9 Å². The molecule has 0 aliphatic carbocycles. The fourth-order valence-corrected chi connectivity index (χ4v) is 2.93. The molecule has 0 saturated carbocycles. The van der Waals surface area contributed by atoms with Crippen molar-refractivity contribution in [3.05, 3.63) is 65.0 Å². The fraction of sp³-hybridized carbons (Fsp3) is 0.0625. The van der Waals surface area contributed by atoms with E-state index in [0.29, 0.717) is 12.1 Å². The van der Waals surface area contributed by atoms with Gasteiger partial charge < -0.3 is 10.4 Å². The monoisotopic (exact) mass is 283 g/mol. The molecular formula is C16H13NO2S. The zero-order valence-electron chi connectivity index (χ0n) is 10.7. The van der Waals surface area contributed by atoms with E-state index in [2.05, 4.69) is 28.9 Å². The van der Waals surface area contributed by atoms with Crippen LogP contribution in [-0.2, 0) is 6.54 Å². The predicted molar refractivity (Wildman–Crippen MR) is 82.6 cm³/mol. The van der Waals surface area contributed by atoms with Gasteiger partial charge in [0.05, 0.1) is 5.56 Å². The zero-order valence-corrected chi connectivity index (χ0v) is 11.5. The lowest BCUT2D eigenvalue weighted by atomic mass is 10.1. The third-order valence-electron chi connectivity index (χ3n) is 3.18. The smallest absolute Gasteiger partial charge is 0.336 e. The molecule has 2 N–H and O–H groups in total. The minimum Gasteiger partial charge on any atom is -0.478 e. The summed E-state index contributed by atoms with van der Waals surface area (Å²) in [6, 6.07) is 15.3. The van der Waals surface area contributed by atoms with E-state index in [1.807, 2.05) is 18.2 Å². The van der Waals surface area contributed by atoms with Crippen LogP contribution in [0.1, 0.15) is 15.9 Å². The topological polar surface area (TPSA) is 49.3 Å². The van der Waals surface area contributed by atoms with Crippen LogP contribution in [0.4, 0.5) is 5.69 Å². The maximum absolute atomic E-state index is 11.1. The summed E-state index contributed by atoms with van der Waals surface area (Å²) >= 11 is 1.71. The van der Waals surface area contributed by atoms with Crippen molar-refractivity contribution in [3.63, 3.8) is 0 Å². The second-order valence-corrected chi connectivity index (χ2v) is 5.44. The molecule has 1 aromatic heterocycles. The normalized spacial score (nSPS) is 10.6. The number of rotatable bonds is 4. The minimum atomic E-state index is -0.893. The highest BCUT2D eigenvalue weighted by molar-refractivity contribution is 7.17. The molecule has 2 aromatic carbocycles. The first-order valence-corrected chi connectivity index (χ1v) is 7.14. The Labute approximate surface area is 120 Å². The van der Waals surface area contributed by atoms with Gasteiger partial charge in [-0.15, -0.1) is 11.3 Å². The van der Waals surface area contributed by atoms with Crippen LogP contribution in [-0.4, -0.2) is 11.1 Å². The van der Waals surface area contributed by atoms with Crippen molar-refractivity contribution in [3.8, 4) is 0 Å². The number of carbonyl (C=O) groups is 1. The fourth-order valence-electron chi connectivity index (χ4n) is 2.16. The average Bonchev–Trinajstić information content (AvgIpc) is 2.92. The molecule has 0 aliphatic rings. The van der Waals surface area contributed by atoms with Gasteiger partial charge in [-0.2, -0.15) is 0 Å². The Morgan fingerprint density at radius 3 is 2.85 bits per heavy atom. The summed E-state index contributed by atoms with van der Waals surface area (Å²) in [6.07, 6.45) is 0. The Balaban J connectivity index is 1.80. The van der Waals surface area contributed by atoms with Crippen molar-refractivity contribution in [2.75, 3.05) is 5.32 Å². The second kappa shape index (κ2) is 5.35. The molecule has 3 rings (SSSR count). The molecule has 4 heteroatoms. The molecule has 0 spiro atoms. The lowest BCUT2D eigenvalue weighted by Crippen LogP contribution is -2.06. The Kier molecular flexibility index (Phi) is 3.39. The highest BCUT2D eigenvalue weighted by Crippen LogP contribution is 2.24. The SMILES string of the molecule is O=C(O)c1ccccc1CNc1ccc2sccc2c1. The number of fused-ring (bicyclic) bond motifs is 1. The molecule has 0 fully saturated rings. The molecule has 1 heterocycles. The summed E-state index contributed by atoms with van der Waals surface area (Å²) in [4.78, 5) is 11.1. The molecule has 0 amide bonds. The molecular weight excluding hydrogens is 270 g/mol. The van der Waals surface area contributed by atoms with E-state index in [0.717, 1.165) is 11.3 Å². The van der Waals surface area contributed by atoms with Gasteiger partial charge in [-0.05, 0) is 46.7 Å². The third-order valence-corrected chi connectivity index (χ3v) is 4.08. The zero-order chi connectivity index (χ0) is 13.9. The van der Waals surface area contributed by atoms with Crippen molar-refractivity contribution in [1.82, 2.24) is 0 Å².